The van der Waals surface area contributed by atoms with Crippen LogP contribution in [0.15, 0.2) is 0 Å². The van der Waals surface area contributed by atoms with Crippen molar-refractivity contribution in [2.24, 2.45) is 11.8 Å². The zero-order valence-corrected chi connectivity index (χ0v) is 17.9. The maximum atomic E-state index is 11.6. The summed E-state index contributed by atoms with van der Waals surface area (Å²) < 4.78 is 5.88. The highest BCUT2D eigenvalue weighted by Gasteiger charge is 2.19. The molecule has 0 fully saturated rings. The van der Waals surface area contributed by atoms with Crippen LogP contribution in [0, 0.1) is 23.7 Å². The SMILES string of the molecule is CC(C)C#CCNC(=O)CCCOCSSC(C)(C)CCC(C)C. The third kappa shape index (κ3) is 16.5. The molecule has 1 amide bonds. The van der Waals surface area contributed by atoms with Gasteiger partial charge in [-0.2, -0.15) is 0 Å². The molecule has 0 heterocycles. The number of carbonyl (C=O) groups excluding carboxylic acids is 1. The second-order valence-electron chi connectivity index (χ2n) is 7.28. The topological polar surface area (TPSA) is 38.3 Å². The van der Waals surface area contributed by atoms with Crippen molar-refractivity contribution in [1.82, 2.24) is 5.32 Å². The molecule has 0 saturated carbocycles. The van der Waals surface area contributed by atoms with E-state index < -0.39 is 0 Å². The number of ether oxygens (including phenoxy) is 1. The van der Waals surface area contributed by atoms with Gasteiger partial charge in [0.25, 0.3) is 0 Å². The first-order chi connectivity index (χ1) is 11.2. The van der Waals surface area contributed by atoms with E-state index in [0.29, 0.717) is 31.4 Å². The number of hydrogen-bond acceptors (Lipinski definition) is 4. The molecule has 3 nitrogen and oxygen atoms in total. The summed E-state index contributed by atoms with van der Waals surface area (Å²) in [5, 5.41) is 2.81. The highest BCUT2D eigenvalue weighted by Crippen LogP contribution is 2.39. The molecule has 140 valence electrons. The number of carbonyl (C=O) groups is 1. The smallest absolute Gasteiger partial charge is 0.220 e. The zero-order valence-electron chi connectivity index (χ0n) is 16.2. The van der Waals surface area contributed by atoms with Crippen molar-refractivity contribution in [3.8, 4) is 11.8 Å². The molecule has 1 N–H and O–H groups in total. The molecule has 0 aromatic heterocycles. The Bertz CT molecular complexity index is 398. The minimum atomic E-state index is 0.0495. The number of nitrogens with one attached hydrogen (secondary N) is 1. The van der Waals surface area contributed by atoms with Crippen LogP contribution >= 0.6 is 21.6 Å². The molecular weight excluding hydrogens is 338 g/mol. The average Bonchev–Trinajstić information content (AvgIpc) is 2.48. The summed E-state index contributed by atoms with van der Waals surface area (Å²) in [5.41, 5.74) is 0. The lowest BCUT2D eigenvalue weighted by atomic mass is 10.0. The Morgan fingerprint density at radius 1 is 1.25 bits per heavy atom. The van der Waals surface area contributed by atoms with Crippen molar-refractivity contribution in [2.75, 3.05) is 19.1 Å². The summed E-state index contributed by atoms with van der Waals surface area (Å²) in [7, 11) is 3.66. The van der Waals surface area contributed by atoms with Crippen LogP contribution in [0.5, 0.6) is 0 Å². The predicted molar refractivity (Wildman–Crippen MR) is 109 cm³/mol. The molecule has 5 heteroatoms. The molecule has 0 saturated heterocycles. The molecule has 0 aromatic rings. The first kappa shape index (κ1) is 23.7. The summed E-state index contributed by atoms with van der Waals surface area (Å²) in [5.74, 6) is 7.80. The Kier molecular flexibility index (Phi) is 13.7. The van der Waals surface area contributed by atoms with Crippen molar-refractivity contribution in [2.45, 2.75) is 72.0 Å². The van der Waals surface area contributed by atoms with Gasteiger partial charge in [-0.25, -0.2) is 0 Å². The maximum Gasteiger partial charge on any atom is 0.220 e. The van der Waals surface area contributed by atoms with Crippen molar-refractivity contribution >= 4 is 27.5 Å². The lowest BCUT2D eigenvalue weighted by Crippen LogP contribution is -2.23. The maximum absolute atomic E-state index is 11.6. The molecule has 0 rings (SSSR count). The van der Waals surface area contributed by atoms with E-state index in [1.54, 1.807) is 10.8 Å². The van der Waals surface area contributed by atoms with Crippen molar-refractivity contribution in [3.63, 3.8) is 0 Å². The van der Waals surface area contributed by atoms with Gasteiger partial charge in [-0.05, 0) is 39.0 Å². The van der Waals surface area contributed by atoms with Crippen molar-refractivity contribution in [1.29, 1.82) is 0 Å². The second-order valence-corrected chi connectivity index (χ2v) is 10.2. The lowest BCUT2D eigenvalue weighted by molar-refractivity contribution is -0.121. The van der Waals surface area contributed by atoms with Crippen LogP contribution in [-0.4, -0.2) is 29.7 Å². The summed E-state index contributed by atoms with van der Waals surface area (Å²) in [4.78, 5) is 11.6. The van der Waals surface area contributed by atoms with E-state index in [1.165, 1.54) is 12.8 Å². The minimum Gasteiger partial charge on any atom is -0.370 e. The highest BCUT2D eigenvalue weighted by atomic mass is 33.1. The van der Waals surface area contributed by atoms with Gasteiger partial charge in [0.2, 0.25) is 5.91 Å². The van der Waals surface area contributed by atoms with Gasteiger partial charge in [0, 0.05) is 23.7 Å². The monoisotopic (exact) mass is 373 g/mol. The summed E-state index contributed by atoms with van der Waals surface area (Å²) in [6.07, 6.45) is 3.74. The van der Waals surface area contributed by atoms with Crippen molar-refractivity contribution < 1.29 is 9.53 Å². The van der Waals surface area contributed by atoms with Crippen LogP contribution < -0.4 is 5.32 Å². The Balaban J connectivity index is 3.54. The van der Waals surface area contributed by atoms with Gasteiger partial charge in [-0.15, -0.1) is 0 Å². The molecule has 0 radical (unpaired) electrons. The van der Waals surface area contributed by atoms with E-state index in [1.807, 2.05) is 24.6 Å². The molecule has 24 heavy (non-hydrogen) atoms. The van der Waals surface area contributed by atoms with Crippen LogP contribution in [0.2, 0.25) is 0 Å². The van der Waals surface area contributed by atoms with Crippen LogP contribution in [0.4, 0.5) is 0 Å². The molecule has 0 spiro atoms. The first-order valence-corrected chi connectivity index (χ1v) is 11.2. The Labute approximate surface area is 157 Å². The van der Waals surface area contributed by atoms with Gasteiger partial charge in [-0.1, -0.05) is 61.1 Å². The number of rotatable bonds is 12. The molecule has 0 aromatic carbocycles. The van der Waals surface area contributed by atoms with Gasteiger partial charge in [0.05, 0.1) is 6.54 Å². The quantitative estimate of drug-likeness (QED) is 0.223. The highest BCUT2D eigenvalue weighted by molar-refractivity contribution is 8.77. The van der Waals surface area contributed by atoms with Gasteiger partial charge >= 0.3 is 0 Å². The molecule has 0 unspecified atom stereocenters. The summed E-state index contributed by atoms with van der Waals surface area (Å²) in [6.45, 7) is 14.3. The fourth-order valence-corrected chi connectivity index (χ4v) is 4.09. The third-order valence-electron chi connectivity index (χ3n) is 3.20. The predicted octanol–water partition coefficient (Wildman–Crippen LogP) is 5.11. The molecule has 0 aliphatic rings. The van der Waals surface area contributed by atoms with E-state index in [-0.39, 0.29) is 10.7 Å². The largest absolute Gasteiger partial charge is 0.370 e. The Hall–Kier alpha value is -0.310. The summed E-state index contributed by atoms with van der Waals surface area (Å²) in [6, 6.07) is 0. The third-order valence-corrected chi connectivity index (χ3v) is 6.23. The summed E-state index contributed by atoms with van der Waals surface area (Å²) >= 11 is 0. The van der Waals surface area contributed by atoms with Crippen LogP contribution in [0.25, 0.3) is 0 Å². The van der Waals surface area contributed by atoms with Gasteiger partial charge < -0.3 is 10.1 Å². The fourth-order valence-electron chi connectivity index (χ4n) is 1.78. The fraction of sp³-hybridized carbons (Fsp3) is 0.842. The zero-order chi connectivity index (χ0) is 18.4. The number of amides is 1. The van der Waals surface area contributed by atoms with E-state index in [0.717, 1.165) is 12.3 Å². The van der Waals surface area contributed by atoms with E-state index in [9.17, 15) is 4.79 Å². The van der Waals surface area contributed by atoms with E-state index >= 15 is 0 Å². The van der Waals surface area contributed by atoms with Gasteiger partial charge in [0.1, 0.15) is 5.94 Å². The average molecular weight is 374 g/mol. The first-order valence-electron chi connectivity index (χ1n) is 8.86. The molecule has 0 aliphatic heterocycles. The number of hydrogen-bond donors (Lipinski definition) is 1. The Morgan fingerprint density at radius 2 is 1.96 bits per heavy atom. The molecule has 0 aliphatic carbocycles. The van der Waals surface area contributed by atoms with Gasteiger partial charge in [-0.3, -0.25) is 4.79 Å². The van der Waals surface area contributed by atoms with Crippen LogP contribution in [0.3, 0.4) is 0 Å². The second kappa shape index (κ2) is 13.9. The van der Waals surface area contributed by atoms with E-state index in [2.05, 4.69) is 44.9 Å². The Morgan fingerprint density at radius 3 is 2.58 bits per heavy atom. The molecule has 0 atom stereocenters. The molecule has 0 bridgehead atoms. The van der Waals surface area contributed by atoms with Crippen LogP contribution in [-0.2, 0) is 9.53 Å². The lowest BCUT2D eigenvalue weighted by Gasteiger charge is -2.24. The van der Waals surface area contributed by atoms with Crippen molar-refractivity contribution in [3.05, 3.63) is 0 Å². The van der Waals surface area contributed by atoms with Gasteiger partial charge in [0.15, 0.2) is 0 Å². The van der Waals surface area contributed by atoms with E-state index in [4.69, 9.17) is 4.74 Å². The molecular formula is C19H35NO2S2. The minimum absolute atomic E-state index is 0.0495. The standard InChI is InChI=1S/C19H35NO2S2/c1-16(2)9-7-13-20-18(21)10-8-14-22-15-23-24-19(5,6)12-11-17(3)4/h16-17H,8,10-15H2,1-6H3,(H,20,21). The van der Waals surface area contributed by atoms with Crippen LogP contribution in [0.1, 0.15) is 67.2 Å². The normalized spacial score (nSPS) is 11.5.